The molecule has 3 aliphatic rings. The van der Waals surface area contributed by atoms with Crippen molar-refractivity contribution < 1.29 is 22.8 Å². The SMILES string of the molecule is O=C(N[C@H]1CC[C@H](CN2C(=O)C3(CN(c4ncccn4)C3)c3ccc(F)cc32)CC1)c1cc(Cl)cnc1C(F)F. The maximum Gasteiger partial charge on any atom is 0.281 e. The molecule has 40 heavy (non-hydrogen) atoms. The second-order valence-corrected chi connectivity index (χ2v) is 11.1. The van der Waals surface area contributed by atoms with Crippen molar-refractivity contribution in [2.45, 2.75) is 43.6 Å². The lowest BCUT2D eigenvalue weighted by atomic mass is 9.74. The van der Waals surface area contributed by atoms with E-state index >= 15 is 0 Å². The Labute approximate surface area is 233 Å². The predicted molar refractivity (Wildman–Crippen MR) is 142 cm³/mol. The van der Waals surface area contributed by atoms with Crippen LogP contribution in [0.4, 0.5) is 24.8 Å². The summed E-state index contributed by atoms with van der Waals surface area (Å²) in [6, 6.07) is 7.25. The lowest BCUT2D eigenvalue weighted by molar-refractivity contribution is -0.124. The molecule has 8 nitrogen and oxygen atoms in total. The van der Waals surface area contributed by atoms with Gasteiger partial charge in [0.15, 0.2) is 0 Å². The summed E-state index contributed by atoms with van der Waals surface area (Å²) < 4.78 is 41.0. The Bertz CT molecular complexity index is 1450. The number of carbonyl (C=O) groups excluding carboxylic acids is 2. The van der Waals surface area contributed by atoms with E-state index in [0.717, 1.165) is 11.8 Å². The first-order valence-corrected chi connectivity index (χ1v) is 13.5. The molecule has 0 radical (unpaired) electrons. The second kappa shape index (κ2) is 10.3. The average molecular weight is 571 g/mol. The van der Waals surface area contributed by atoms with E-state index in [-0.39, 0.29) is 28.5 Å². The fourth-order valence-corrected chi connectivity index (χ4v) is 6.28. The van der Waals surface area contributed by atoms with Gasteiger partial charge >= 0.3 is 0 Å². The molecule has 2 aliphatic heterocycles. The van der Waals surface area contributed by atoms with E-state index in [0.29, 0.717) is 57.0 Å². The van der Waals surface area contributed by atoms with E-state index in [1.807, 2.05) is 4.90 Å². The number of halogens is 4. The van der Waals surface area contributed by atoms with Gasteiger partial charge in [-0.2, -0.15) is 0 Å². The largest absolute Gasteiger partial charge is 0.349 e. The summed E-state index contributed by atoms with van der Waals surface area (Å²) in [5.41, 5.74) is -0.178. The molecule has 1 saturated heterocycles. The van der Waals surface area contributed by atoms with Gasteiger partial charge in [-0.05, 0) is 61.4 Å². The normalized spacial score (nSPS) is 21.5. The minimum absolute atomic E-state index is 0.0521. The number of rotatable bonds is 6. The molecule has 1 N–H and O–H groups in total. The first kappa shape index (κ1) is 26.5. The number of hydrogen-bond acceptors (Lipinski definition) is 6. The molecular weight excluding hydrogens is 545 g/mol. The molecule has 0 unspecified atom stereocenters. The lowest BCUT2D eigenvalue weighted by Gasteiger charge is -2.46. The monoisotopic (exact) mass is 570 g/mol. The number of nitrogens with zero attached hydrogens (tertiary/aromatic N) is 5. The van der Waals surface area contributed by atoms with E-state index in [4.69, 9.17) is 11.6 Å². The number of fused-ring (bicyclic) bond motifs is 2. The number of alkyl halides is 2. The van der Waals surface area contributed by atoms with E-state index in [1.54, 1.807) is 29.4 Å². The van der Waals surface area contributed by atoms with E-state index in [2.05, 4.69) is 20.3 Å². The first-order chi connectivity index (χ1) is 19.2. The molecular formula is C28H26ClF3N6O2. The zero-order valence-electron chi connectivity index (χ0n) is 21.4. The Kier molecular flexibility index (Phi) is 6.85. The summed E-state index contributed by atoms with van der Waals surface area (Å²) in [5, 5.41) is 2.94. The highest BCUT2D eigenvalue weighted by Gasteiger charge is 2.59. The minimum atomic E-state index is -2.90. The minimum Gasteiger partial charge on any atom is -0.349 e. The Morgan fingerprint density at radius 1 is 1.10 bits per heavy atom. The summed E-state index contributed by atoms with van der Waals surface area (Å²) in [6.07, 6.45) is 4.18. The molecule has 1 aliphatic carbocycles. The number of nitrogens with one attached hydrogen (secondary N) is 1. The molecule has 4 heterocycles. The molecule has 208 valence electrons. The first-order valence-electron chi connectivity index (χ1n) is 13.1. The molecule has 1 aromatic carbocycles. The van der Waals surface area contributed by atoms with Crippen LogP contribution in [0.25, 0.3) is 0 Å². The Morgan fingerprint density at radius 2 is 1.82 bits per heavy atom. The lowest BCUT2D eigenvalue weighted by Crippen LogP contribution is -2.64. The standard InChI is InChI=1S/C28H26ClF3N6O2/c29-17-10-20(23(24(31)32)35-12-17)25(39)36-19-5-2-16(3-6-19)13-38-22-11-18(30)4-7-21(22)28(26(38)40)14-37(15-28)27-33-8-1-9-34-27/h1,4,7-12,16,19,24H,2-3,5-6,13-15H2,(H,36,39)/t16-,19-. The van der Waals surface area contributed by atoms with Gasteiger partial charge in [0.2, 0.25) is 11.9 Å². The van der Waals surface area contributed by atoms with Gasteiger partial charge in [0.1, 0.15) is 16.9 Å². The molecule has 0 bridgehead atoms. The molecule has 6 rings (SSSR count). The van der Waals surface area contributed by atoms with Crippen LogP contribution in [0.15, 0.2) is 48.9 Å². The number of hydrogen-bond donors (Lipinski definition) is 1. The molecule has 2 fully saturated rings. The van der Waals surface area contributed by atoms with Crippen molar-refractivity contribution in [1.29, 1.82) is 0 Å². The van der Waals surface area contributed by atoms with Gasteiger partial charge in [0, 0.05) is 44.3 Å². The van der Waals surface area contributed by atoms with Crippen LogP contribution in [-0.2, 0) is 10.2 Å². The van der Waals surface area contributed by atoms with Gasteiger partial charge in [-0.1, -0.05) is 17.7 Å². The average Bonchev–Trinajstić information content (AvgIpc) is 3.16. The second-order valence-electron chi connectivity index (χ2n) is 10.6. The van der Waals surface area contributed by atoms with Gasteiger partial charge in [0.05, 0.1) is 16.3 Å². The highest BCUT2D eigenvalue weighted by atomic mass is 35.5. The van der Waals surface area contributed by atoms with Crippen molar-refractivity contribution in [3.63, 3.8) is 0 Å². The van der Waals surface area contributed by atoms with Gasteiger partial charge in [0.25, 0.3) is 12.3 Å². The zero-order chi connectivity index (χ0) is 28.0. The van der Waals surface area contributed by atoms with E-state index < -0.39 is 29.3 Å². The number of amides is 2. The zero-order valence-corrected chi connectivity index (χ0v) is 22.1. The highest BCUT2D eigenvalue weighted by molar-refractivity contribution is 6.30. The van der Waals surface area contributed by atoms with Crippen molar-refractivity contribution in [2.75, 3.05) is 29.4 Å². The summed E-state index contributed by atoms with van der Waals surface area (Å²) in [6.45, 7) is 1.28. The molecule has 2 aromatic heterocycles. The van der Waals surface area contributed by atoms with Crippen molar-refractivity contribution in [2.24, 2.45) is 5.92 Å². The van der Waals surface area contributed by atoms with Crippen LogP contribution >= 0.6 is 11.6 Å². The summed E-state index contributed by atoms with van der Waals surface area (Å²) >= 11 is 5.89. The van der Waals surface area contributed by atoms with Gasteiger partial charge in [-0.15, -0.1) is 0 Å². The molecule has 1 saturated carbocycles. The summed E-state index contributed by atoms with van der Waals surface area (Å²) in [7, 11) is 0. The quantitative estimate of drug-likeness (QED) is 0.462. The molecule has 12 heteroatoms. The Balaban J connectivity index is 1.11. The van der Waals surface area contributed by atoms with Crippen LogP contribution in [-0.4, -0.2) is 52.4 Å². The summed E-state index contributed by atoms with van der Waals surface area (Å²) in [5.74, 6) is -0.393. The summed E-state index contributed by atoms with van der Waals surface area (Å²) in [4.78, 5) is 42.4. The molecule has 3 aromatic rings. The maximum absolute atomic E-state index is 14.3. The van der Waals surface area contributed by atoms with Crippen LogP contribution < -0.4 is 15.1 Å². The third kappa shape index (κ3) is 4.66. The van der Waals surface area contributed by atoms with Crippen LogP contribution in [0.1, 0.15) is 53.7 Å². The Morgan fingerprint density at radius 3 is 2.52 bits per heavy atom. The van der Waals surface area contributed by atoms with Crippen molar-refractivity contribution in [3.8, 4) is 0 Å². The maximum atomic E-state index is 14.3. The van der Waals surface area contributed by atoms with Crippen molar-refractivity contribution in [3.05, 3.63) is 76.6 Å². The smallest absolute Gasteiger partial charge is 0.281 e. The number of carbonyl (C=O) groups is 2. The van der Waals surface area contributed by atoms with Crippen LogP contribution in [0.5, 0.6) is 0 Å². The third-order valence-corrected chi connectivity index (χ3v) is 8.34. The van der Waals surface area contributed by atoms with Crippen molar-refractivity contribution in [1.82, 2.24) is 20.3 Å². The van der Waals surface area contributed by atoms with Gasteiger partial charge < -0.3 is 15.1 Å². The number of anilines is 2. The van der Waals surface area contributed by atoms with Gasteiger partial charge in [-0.3, -0.25) is 14.6 Å². The predicted octanol–water partition coefficient (Wildman–Crippen LogP) is 4.70. The fourth-order valence-electron chi connectivity index (χ4n) is 6.12. The number of benzene rings is 1. The van der Waals surface area contributed by atoms with Crippen LogP contribution in [0.3, 0.4) is 0 Å². The fraction of sp³-hybridized carbons (Fsp3) is 0.393. The van der Waals surface area contributed by atoms with E-state index in [9.17, 15) is 22.8 Å². The van der Waals surface area contributed by atoms with Crippen LogP contribution in [0.2, 0.25) is 5.02 Å². The molecule has 1 spiro atoms. The van der Waals surface area contributed by atoms with Crippen LogP contribution in [0, 0.1) is 11.7 Å². The molecule has 0 atom stereocenters. The van der Waals surface area contributed by atoms with E-state index in [1.165, 1.54) is 18.2 Å². The number of pyridine rings is 1. The Hall–Kier alpha value is -3.73. The van der Waals surface area contributed by atoms with Gasteiger partial charge in [-0.25, -0.2) is 23.1 Å². The van der Waals surface area contributed by atoms with Crippen molar-refractivity contribution >= 4 is 35.1 Å². The highest BCUT2D eigenvalue weighted by Crippen LogP contribution is 2.49. The third-order valence-electron chi connectivity index (χ3n) is 8.14. The molecule has 2 amide bonds. The topological polar surface area (TPSA) is 91.3 Å². The number of aromatic nitrogens is 3.